The molecule has 3 aromatic heterocycles. The van der Waals surface area contributed by atoms with Crippen molar-refractivity contribution >= 4 is 17.2 Å². The summed E-state index contributed by atoms with van der Waals surface area (Å²) in [5.74, 6) is 0. The predicted octanol–water partition coefficient (Wildman–Crippen LogP) is 4.45. The first-order valence-corrected chi connectivity index (χ1v) is 10.5. The van der Waals surface area contributed by atoms with E-state index in [1.807, 2.05) is 24.4 Å². The molecule has 1 fully saturated rings. The van der Waals surface area contributed by atoms with Gasteiger partial charge in [0.2, 0.25) is 0 Å². The van der Waals surface area contributed by atoms with Crippen molar-refractivity contribution in [3.63, 3.8) is 0 Å². The number of aromatic nitrogens is 3. The maximum Gasteiger partial charge on any atom is 0.137 e. The fraction of sp³-hybridized carbons (Fsp3) is 0.261. The van der Waals surface area contributed by atoms with Gasteiger partial charge in [0.1, 0.15) is 5.65 Å². The van der Waals surface area contributed by atoms with Gasteiger partial charge in [-0.3, -0.25) is 4.90 Å². The van der Waals surface area contributed by atoms with Crippen molar-refractivity contribution in [2.45, 2.75) is 13.0 Å². The molecular formula is C23H24ClN5. The number of pyridine rings is 1. The molecule has 1 aliphatic heterocycles. The zero-order chi connectivity index (χ0) is 19.6. The van der Waals surface area contributed by atoms with Crippen LogP contribution in [0.4, 0.5) is 0 Å². The molecule has 0 aliphatic carbocycles. The van der Waals surface area contributed by atoms with Crippen LogP contribution in [0.2, 0.25) is 5.02 Å². The SMILES string of the molecule is Clc1ccc(-c2nc3ccc(-c4ccc[nH]4)cn3c2CN2CCCNCC2)cc1. The van der Waals surface area contributed by atoms with Crippen LogP contribution in [0.3, 0.4) is 0 Å². The highest BCUT2D eigenvalue weighted by atomic mass is 35.5. The van der Waals surface area contributed by atoms with Crippen molar-refractivity contribution in [1.82, 2.24) is 24.6 Å². The Labute approximate surface area is 175 Å². The lowest BCUT2D eigenvalue weighted by atomic mass is 10.1. The number of halogens is 1. The molecule has 4 heterocycles. The number of hydrogen-bond donors (Lipinski definition) is 2. The van der Waals surface area contributed by atoms with Crippen LogP contribution >= 0.6 is 11.6 Å². The van der Waals surface area contributed by atoms with Crippen LogP contribution in [0.15, 0.2) is 60.9 Å². The van der Waals surface area contributed by atoms with Crippen LogP contribution in [-0.4, -0.2) is 45.4 Å². The molecule has 0 amide bonds. The third-order valence-electron chi connectivity index (χ3n) is 5.55. The molecule has 0 radical (unpaired) electrons. The number of nitrogens with zero attached hydrogens (tertiary/aromatic N) is 3. The van der Waals surface area contributed by atoms with Crippen LogP contribution < -0.4 is 5.32 Å². The molecule has 0 atom stereocenters. The van der Waals surface area contributed by atoms with Gasteiger partial charge in [0.05, 0.1) is 11.4 Å². The summed E-state index contributed by atoms with van der Waals surface area (Å²) in [5.41, 5.74) is 6.58. The molecule has 29 heavy (non-hydrogen) atoms. The zero-order valence-electron chi connectivity index (χ0n) is 16.2. The van der Waals surface area contributed by atoms with Crippen molar-refractivity contribution in [3.05, 3.63) is 71.6 Å². The number of rotatable bonds is 4. The molecule has 0 unspecified atom stereocenters. The molecule has 2 N–H and O–H groups in total. The van der Waals surface area contributed by atoms with Crippen LogP contribution in [0.1, 0.15) is 12.1 Å². The summed E-state index contributed by atoms with van der Waals surface area (Å²) in [6.45, 7) is 5.13. The van der Waals surface area contributed by atoms with Crippen LogP contribution in [0.5, 0.6) is 0 Å². The Kier molecular flexibility index (Phi) is 5.10. The summed E-state index contributed by atoms with van der Waals surface area (Å²) in [5, 5.41) is 4.23. The number of hydrogen-bond acceptors (Lipinski definition) is 3. The Bertz CT molecular complexity index is 1090. The van der Waals surface area contributed by atoms with Crippen molar-refractivity contribution in [2.24, 2.45) is 0 Å². The lowest BCUT2D eigenvalue weighted by Crippen LogP contribution is -2.28. The highest BCUT2D eigenvalue weighted by molar-refractivity contribution is 6.30. The Morgan fingerprint density at radius 3 is 2.66 bits per heavy atom. The molecule has 1 saturated heterocycles. The predicted molar refractivity (Wildman–Crippen MR) is 118 cm³/mol. The second-order valence-corrected chi connectivity index (χ2v) is 7.96. The van der Waals surface area contributed by atoms with Gasteiger partial charge in [-0.1, -0.05) is 23.7 Å². The van der Waals surface area contributed by atoms with Crippen molar-refractivity contribution < 1.29 is 0 Å². The third kappa shape index (κ3) is 3.81. The third-order valence-corrected chi connectivity index (χ3v) is 5.80. The number of H-pyrrole nitrogens is 1. The minimum Gasteiger partial charge on any atom is -0.361 e. The van der Waals surface area contributed by atoms with Gasteiger partial charge in [0.15, 0.2) is 0 Å². The van der Waals surface area contributed by atoms with E-state index in [4.69, 9.17) is 16.6 Å². The molecule has 5 rings (SSSR count). The molecule has 0 bridgehead atoms. The van der Waals surface area contributed by atoms with E-state index in [0.29, 0.717) is 0 Å². The number of nitrogens with one attached hydrogen (secondary N) is 2. The van der Waals surface area contributed by atoms with Gasteiger partial charge in [0.25, 0.3) is 0 Å². The average molecular weight is 406 g/mol. The quantitative estimate of drug-likeness (QED) is 0.527. The first-order valence-electron chi connectivity index (χ1n) is 10.1. The van der Waals surface area contributed by atoms with E-state index >= 15 is 0 Å². The van der Waals surface area contributed by atoms with Gasteiger partial charge >= 0.3 is 0 Å². The van der Waals surface area contributed by atoms with E-state index in [2.05, 4.69) is 56.1 Å². The molecule has 1 aliphatic rings. The lowest BCUT2D eigenvalue weighted by Gasteiger charge is -2.20. The van der Waals surface area contributed by atoms with Crippen molar-refractivity contribution in [2.75, 3.05) is 26.2 Å². The summed E-state index contributed by atoms with van der Waals surface area (Å²) in [4.78, 5) is 10.8. The smallest absolute Gasteiger partial charge is 0.137 e. The molecule has 4 aromatic rings. The largest absolute Gasteiger partial charge is 0.361 e. The van der Waals surface area contributed by atoms with Gasteiger partial charge in [0, 0.05) is 53.9 Å². The lowest BCUT2D eigenvalue weighted by molar-refractivity contribution is 0.281. The topological polar surface area (TPSA) is 48.4 Å². The van der Waals surface area contributed by atoms with Gasteiger partial charge in [-0.2, -0.15) is 0 Å². The van der Waals surface area contributed by atoms with Crippen molar-refractivity contribution in [1.29, 1.82) is 0 Å². The zero-order valence-corrected chi connectivity index (χ0v) is 17.0. The maximum absolute atomic E-state index is 6.12. The van der Waals surface area contributed by atoms with E-state index in [0.717, 1.165) is 65.9 Å². The molecule has 5 nitrogen and oxygen atoms in total. The van der Waals surface area contributed by atoms with E-state index in [1.165, 1.54) is 12.1 Å². The van der Waals surface area contributed by atoms with E-state index in [-0.39, 0.29) is 0 Å². The Morgan fingerprint density at radius 2 is 1.83 bits per heavy atom. The number of fused-ring (bicyclic) bond motifs is 1. The fourth-order valence-corrected chi connectivity index (χ4v) is 4.15. The molecule has 1 aromatic carbocycles. The number of imidazole rings is 1. The first kappa shape index (κ1) is 18.4. The minimum absolute atomic E-state index is 0.742. The Hall–Kier alpha value is -2.60. The molecule has 0 saturated carbocycles. The van der Waals surface area contributed by atoms with Gasteiger partial charge in [-0.25, -0.2) is 4.98 Å². The molecular weight excluding hydrogens is 382 g/mol. The Morgan fingerprint density at radius 1 is 0.966 bits per heavy atom. The van der Waals surface area contributed by atoms with E-state index in [1.54, 1.807) is 0 Å². The summed E-state index contributed by atoms with van der Waals surface area (Å²) >= 11 is 6.12. The number of benzene rings is 1. The first-order chi connectivity index (χ1) is 14.3. The highest BCUT2D eigenvalue weighted by Crippen LogP contribution is 2.29. The van der Waals surface area contributed by atoms with E-state index < -0.39 is 0 Å². The summed E-state index contributed by atoms with van der Waals surface area (Å²) in [6.07, 6.45) is 5.32. The van der Waals surface area contributed by atoms with Crippen LogP contribution in [0.25, 0.3) is 28.2 Å². The number of aromatic amines is 1. The van der Waals surface area contributed by atoms with Gasteiger partial charge < -0.3 is 14.7 Å². The second-order valence-electron chi connectivity index (χ2n) is 7.52. The molecule has 0 spiro atoms. The highest BCUT2D eigenvalue weighted by Gasteiger charge is 2.18. The van der Waals surface area contributed by atoms with Gasteiger partial charge in [-0.15, -0.1) is 0 Å². The standard InChI is InChI=1S/C23H24ClN5/c24-19-7-4-17(5-8-19)23-21(16-28-13-2-10-25-12-14-28)29-15-18(6-9-22(29)27-23)20-3-1-11-26-20/h1,3-9,11,15,25-26H,2,10,12-14,16H2. The second kappa shape index (κ2) is 8.03. The molecule has 6 heteroatoms. The van der Waals surface area contributed by atoms with Crippen LogP contribution in [-0.2, 0) is 6.54 Å². The van der Waals surface area contributed by atoms with Crippen LogP contribution in [0, 0.1) is 0 Å². The van der Waals surface area contributed by atoms with Gasteiger partial charge in [-0.05, 0) is 55.9 Å². The summed E-state index contributed by atoms with van der Waals surface area (Å²) in [6, 6.07) is 16.3. The summed E-state index contributed by atoms with van der Waals surface area (Å²) < 4.78 is 2.25. The maximum atomic E-state index is 6.12. The average Bonchev–Trinajstić information content (AvgIpc) is 3.31. The monoisotopic (exact) mass is 405 g/mol. The normalized spacial score (nSPS) is 15.6. The summed E-state index contributed by atoms with van der Waals surface area (Å²) in [7, 11) is 0. The minimum atomic E-state index is 0.742. The fourth-order valence-electron chi connectivity index (χ4n) is 4.02. The molecule has 148 valence electrons. The Balaban J connectivity index is 1.62. The van der Waals surface area contributed by atoms with E-state index in [9.17, 15) is 0 Å². The van der Waals surface area contributed by atoms with Crippen molar-refractivity contribution in [3.8, 4) is 22.5 Å².